The van der Waals surface area contributed by atoms with Crippen LogP contribution in [0.5, 0.6) is 0 Å². The van der Waals surface area contributed by atoms with E-state index in [2.05, 4.69) is 24.9 Å². The van der Waals surface area contributed by atoms with E-state index in [-0.39, 0.29) is 5.54 Å². The summed E-state index contributed by atoms with van der Waals surface area (Å²) in [6, 6.07) is 2.07. The third-order valence-corrected chi connectivity index (χ3v) is 4.04. The van der Waals surface area contributed by atoms with Crippen LogP contribution in [0.15, 0.2) is 18.5 Å². The van der Waals surface area contributed by atoms with Crippen LogP contribution in [0.3, 0.4) is 0 Å². The van der Waals surface area contributed by atoms with Gasteiger partial charge in [0, 0.05) is 17.9 Å². The second-order valence-corrected chi connectivity index (χ2v) is 5.22. The Labute approximate surface area is 98.3 Å². The van der Waals surface area contributed by atoms with Gasteiger partial charge in [-0.05, 0) is 42.9 Å². The maximum absolute atomic E-state index is 6.61. The number of hydrogen-bond donors (Lipinski definition) is 1. The molecule has 2 N–H and O–H groups in total. The van der Waals surface area contributed by atoms with Crippen molar-refractivity contribution in [2.24, 2.45) is 11.7 Å². The third kappa shape index (κ3) is 2.12. The van der Waals surface area contributed by atoms with Crippen LogP contribution in [0, 0.1) is 12.8 Å². The Morgan fingerprint density at radius 2 is 2.38 bits per heavy atom. The van der Waals surface area contributed by atoms with Crippen LogP contribution in [0.4, 0.5) is 0 Å². The minimum absolute atomic E-state index is 0.128. The van der Waals surface area contributed by atoms with E-state index in [1.165, 1.54) is 30.4 Å². The van der Waals surface area contributed by atoms with E-state index in [1.54, 1.807) is 0 Å². The second kappa shape index (κ2) is 4.54. The quantitative estimate of drug-likeness (QED) is 0.828. The fraction of sp³-hybridized carbons (Fsp3) is 0.643. The predicted molar refractivity (Wildman–Crippen MR) is 67.1 cm³/mol. The fourth-order valence-electron chi connectivity index (χ4n) is 3.00. The van der Waals surface area contributed by atoms with Crippen molar-refractivity contribution in [3.05, 3.63) is 29.6 Å². The fourth-order valence-corrected chi connectivity index (χ4v) is 3.00. The molecule has 0 aliphatic heterocycles. The lowest BCUT2D eigenvalue weighted by Gasteiger charge is -2.38. The van der Waals surface area contributed by atoms with Crippen molar-refractivity contribution in [3.8, 4) is 0 Å². The third-order valence-electron chi connectivity index (χ3n) is 4.04. The van der Waals surface area contributed by atoms with Crippen LogP contribution in [0.1, 0.15) is 50.2 Å². The van der Waals surface area contributed by atoms with E-state index in [0.717, 1.165) is 18.8 Å². The molecule has 0 radical (unpaired) electrons. The van der Waals surface area contributed by atoms with Gasteiger partial charge in [-0.1, -0.05) is 26.2 Å². The van der Waals surface area contributed by atoms with Crippen LogP contribution in [0.25, 0.3) is 0 Å². The van der Waals surface area contributed by atoms with Crippen molar-refractivity contribution >= 4 is 0 Å². The number of pyridine rings is 1. The first-order valence-corrected chi connectivity index (χ1v) is 6.35. The van der Waals surface area contributed by atoms with Crippen molar-refractivity contribution in [3.63, 3.8) is 0 Å². The highest BCUT2D eigenvalue weighted by Crippen LogP contribution is 2.39. The van der Waals surface area contributed by atoms with Gasteiger partial charge >= 0.3 is 0 Å². The first-order valence-electron chi connectivity index (χ1n) is 6.35. The first kappa shape index (κ1) is 11.6. The van der Waals surface area contributed by atoms with Crippen molar-refractivity contribution < 1.29 is 0 Å². The molecule has 1 saturated carbocycles. The Hall–Kier alpha value is -0.890. The van der Waals surface area contributed by atoms with Crippen LogP contribution < -0.4 is 5.73 Å². The molecule has 1 fully saturated rings. The molecule has 1 aliphatic rings. The standard InChI is InChI=1S/C14H22N2/c1-3-12-5-4-7-14(15,9-12)13-10-16-8-6-11(13)2/h6,8,10,12H,3-5,7,9,15H2,1-2H3. The average molecular weight is 218 g/mol. The monoisotopic (exact) mass is 218 g/mol. The molecule has 2 rings (SSSR count). The molecule has 1 heterocycles. The van der Waals surface area contributed by atoms with Gasteiger partial charge < -0.3 is 5.73 Å². The molecule has 2 nitrogen and oxygen atoms in total. The van der Waals surface area contributed by atoms with Gasteiger partial charge in [-0.3, -0.25) is 4.98 Å². The number of aryl methyl sites for hydroxylation is 1. The van der Waals surface area contributed by atoms with Gasteiger partial charge in [0.15, 0.2) is 0 Å². The summed E-state index contributed by atoms with van der Waals surface area (Å²) < 4.78 is 0. The molecule has 2 atom stereocenters. The van der Waals surface area contributed by atoms with Gasteiger partial charge in [0.25, 0.3) is 0 Å². The van der Waals surface area contributed by atoms with Crippen LogP contribution in [-0.4, -0.2) is 4.98 Å². The smallest absolute Gasteiger partial charge is 0.0430 e. The minimum Gasteiger partial charge on any atom is -0.321 e. The average Bonchev–Trinajstić information content (AvgIpc) is 2.29. The van der Waals surface area contributed by atoms with E-state index in [9.17, 15) is 0 Å². The lowest BCUT2D eigenvalue weighted by atomic mass is 9.71. The van der Waals surface area contributed by atoms with E-state index in [4.69, 9.17) is 5.73 Å². The molecule has 16 heavy (non-hydrogen) atoms. The highest BCUT2D eigenvalue weighted by Gasteiger charge is 2.34. The molecular formula is C14H22N2. The summed E-state index contributed by atoms with van der Waals surface area (Å²) in [5, 5.41) is 0. The summed E-state index contributed by atoms with van der Waals surface area (Å²) in [4.78, 5) is 4.24. The molecule has 2 heteroatoms. The maximum atomic E-state index is 6.61. The molecule has 88 valence electrons. The first-order chi connectivity index (χ1) is 7.65. The van der Waals surface area contributed by atoms with Gasteiger partial charge in [-0.2, -0.15) is 0 Å². The van der Waals surface area contributed by atoms with Crippen LogP contribution in [0.2, 0.25) is 0 Å². The van der Waals surface area contributed by atoms with E-state index in [1.807, 2.05) is 12.4 Å². The van der Waals surface area contributed by atoms with E-state index < -0.39 is 0 Å². The lowest BCUT2D eigenvalue weighted by molar-refractivity contribution is 0.220. The summed E-state index contributed by atoms with van der Waals surface area (Å²) >= 11 is 0. The molecular weight excluding hydrogens is 196 g/mol. The summed E-state index contributed by atoms with van der Waals surface area (Å²) in [6.45, 7) is 4.41. The minimum atomic E-state index is -0.128. The normalized spacial score (nSPS) is 30.3. The zero-order valence-corrected chi connectivity index (χ0v) is 10.4. The molecule has 1 aromatic rings. The Bertz CT molecular complexity index is 362. The highest BCUT2D eigenvalue weighted by molar-refractivity contribution is 5.29. The number of aromatic nitrogens is 1. The summed E-state index contributed by atoms with van der Waals surface area (Å²) in [5.41, 5.74) is 9.02. The molecule has 2 unspecified atom stereocenters. The van der Waals surface area contributed by atoms with Gasteiger partial charge in [0.2, 0.25) is 0 Å². The summed E-state index contributed by atoms with van der Waals surface area (Å²) in [7, 11) is 0. The molecule has 0 spiro atoms. The molecule has 0 saturated heterocycles. The molecule has 0 amide bonds. The largest absolute Gasteiger partial charge is 0.321 e. The zero-order valence-electron chi connectivity index (χ0n) is 10.4. The van der Waals surface area contributed by atoms with E-state index in [0.29, 0.717) is 0 Å². The van der Waals surface area contributed by atoms with Crippen LogP contribution >= 0.6 is 0 Å². The van der Waals surface area contributed by atoms with Crippen molar-refractivity contribution in [1.29, 1.82) is 0 Å². The van der Waals surface area contributed by atoms with Gasteiger partial charge in [0.05, 0.1) is 0 Å². The molecule has 0 aromatic carbocycles. The lowest BCUT2D eigenvalue weighted by Crippen LogP contribution is -2.42. The summed E-state index contributed by atoms with van der Waals surface area (Å²) in [5.74, 6) is 0.790. The Morgan fingerprint density at radius 3 is 3.06 bits per heavy atom. The van der Waals surface area contributed by atoms with Crippen molar-refractivity contribution in [1.82, 2.24) is 4.98 Å². The van der Waals surface area contributed by atoms with E-state index >= 15 is 0 Å². The van der Waals surface area contributed by atoms with Crippen molar-refractivity contribution in [2.75, 3.05) is 0 Å². The van der Waals surface area contributed by atoms with Gasteiger partial charge in [0.1, 0.15) is 0 Å². The topological polar surface area (TPSA) is 38.9 Å². The molecule has 1 aliphatic carbocycles. The maximum Gasteiger partial charge on any atom is 0.0430 e. The van der Waals surface area contributed by atoms with Crippen LogP contribution in [-0.2, 0) is 5.54 Å². The molecule has 1 aromatic heterocycles. The Kier molecular flexibility index (Phi) is 3.29. The number of rotatable bonds is 2. The Morgan fingerprint density at radius 1 is 1.56 bits per heavy atom. The summed E-state index contributed by atoms with van der Waals surface area (Å²) in [6.07, 6.45) is 9.89. The van der Waals surface area contributed by atoms with Gasteiger partial charge in [-0.25, -0.2) is 0 Å². The number of nitrogens with zero attached hydrogens (tertiary/aromatic N) is 1. The number of hydrogen-bond acceptors (Lipinski definition) is 2. The SMILES string of the molecule is CCC1CCCC(N)(c2cnccc2C)C1. The molecule has 0 bridgehead atoms. The second-order valence-electron chi connectivity index (χ2n) is 5.22. The zero-order chi connectivity index (χ0) is 11.6. The van der Waals surface area contributed by atoms with Gasteiger partial charge in [-0.15, -0.1) is 0 Å². The highest BCUT2D eigenvalue weighted by atomic mass is 14.8. The van der Waals surface area contributed by atoms with Crippen molar-refractivity contribution in [2.45, 2.75) is 51.5 Å². The Balaban J connectivity index is 2.27. The number of nitrogens with two attached hydrogens (primary N) is 1. The predicted octanol–water partition coefficient (Wildman–Crippen LogP) is 3.14.